The van der Waals surface area contributed by atoms with Gasteiger partial charge in [0, 0.05) is 6.42 Å². The molecule has 16 heavy (non-hydrogen) atoms. The average Bonchev–Trinajstić information content (AvgIpc) is 2.29. The van der Waals surface area contributed by atoms with E-state index < -0.39 is 0 Å². The van der Waals surface area contributed by atoms with E-state index in [0.29, 0.717) is 12.2 Å². The van der Waals surface area contributed by atoms with Crippen LogP contribution in [0, 0.1) is 0 Å². The zero-order valence-electron chi connectivity index (χ0n) is 10.1. The summed E-state index contributed by atoms with van der Waals surface area (Å²) < 4.78 is 11.7. The maximum atomic E-state index is 5.89. The Kier molecular flexibility index (Phi) is 3.97. The molecule has 0 radical (unpaired) electrons. The van der Waals surface area contributed by atoms with Gasteiger partial charge in [0.15, 0.2) is 6.29 Å². The van der Waals surface area contributed by atoms with Crippen molar-refractivity contribution in [3.63, 3.8) is 0 Å². The van der Waals surface area contributed by atoms with E-state index in [1.165, 1.54) is 5.56 Å². The fourth-order valence-corrected chi connectivity index (χ4v) is 2.15. The van der Waals surface area contributed by atoms with E-state index in [9.17, 15) is 0 Å². The van der Waals surface area contributed by atoms with Gasteiger partial charge in [-0.05, 0) is 25.3 Å². The van der Waals surface area contributed by atoms with Crippen LogP contribution in [0.5, 0.6) is 0 Å². The molecule has 1 aromatic carbocycles. The minimum absolute atomic E-state index is 0.0731. The molecule has 1 fully saturated rings. The first-order valence-electron chi connectivity index (χ1n) is 6.12. The summed E-state index contributed by atoms with van der Waals surface area (Å²) in [6, 6.07) is 10.4. The van der Waals surface area contributed by atoms with Gasteiger partial charge in [0.2, 0.25) is 0 Å². The van der Waals surface area contributed by atoms with Gasteiger partial charge in [-0.2, -0.15) is 0 Å². The van der Waals surface area contributed by atoms with Crippen molar-refractivity contribution in [1.29, 1.82) is 0 Å². The van der Waals surface area contributed by atoms with Crippen LogP contribution in [0.2, 0.25) is 0 Å². The van der Waals surface area contributed by atoms with E-state index in [0.717, 1.165) is 19.3 Å². The van der Waals surface area contributed by atoms with E-state index in [1.807, 2.05) is 6.07 Å². The molecule has 0 bridgehead atoms. The summed E-state index contributed by atoms with van der Waals surface area (Å²) in [6.45, 7) is 4.30. The van der Waals surface area contributed by atoms with Crippen LogP contribution in [0.1, 0.15) is 32.3 Å². The Morgan fingerprint density at radius 2 is 1.94 bits per heavy atom. The minimum Gasteiger partial charge on any atom is -0.349 e. The maximum Gasteiger partial charge on any atom is 0.162 e. The molecule has 3 unspecified atom stereocenters. The Hall–Kier alpha value is -0.860. The predicted octanol–water partition coefficient (Wildman–Crippen LogP) is 3.16. The van der Waals surface area contributed by atoms with E-state index >= 15 is 0 Å². The van der Waals surface area contributed by atoms with Crippen molar-refractivity contribution in [2.75, 3.05) is 0 Å². The monoisotopic (exact) mass is 220 g/mol. The van der Waals surface area contributed by atoms with Crippen molar-refractivity contribution in [1.82, 2.24) is 0 Å². The van der Waals surface area contributed by atoms with Gasteiger partial charge in [0.25, 0.3) is 0 Å². The molecule has 1 aliphatic rings. The van der Waals surface area contributed by atoms with Crippen LogP contribution < -0.4 is 0 Å². The van der Waals surface area contributed by atoms with Crippen LogP contribution in [0.25, 0.3) is 0 Å². The Labute approximate surface area is 97.6 Å². The summed E-state index contributed by atoms with van der Waals surface area (Å²) in [5, 5.41) is 0. The molecule has 2 nitrogen and oxygen atoms in total. The highest BCUT2D eigenvalue weighted by Crippen LogP contribution is 2.22. The number of ether oxygens (including phenoxy) is 2. The first-order chi connectivity index (χ1) is 7.78. The van der Waals surface area contributed by atoms with Crippen LogP contribution in [0.4, 0.5) is 0 Å². The second-order valence-corrected chi connectivity index (χ2v) is 4.47. The fourth-order valence-electron chi connectivity index (χ4n) is 2.15. The molecule has 0 N–H and O–H groups in total. The molecular weight excluding hydrogens is 200 g/mol. The maximum absolute atomic E-state index is 5.89. The van der Waals surface area contributed by atoms with Crippen molar-refractivity contribution in [2.24, 2.45) is 0 Å². The quantitative estimate of drug-likeness (QED) is 0.779. The molecule has 0 amide bonds. The molecule has 2 rings (SSSR count). The highest BCUT2D eigenvalue weighted by Gasteiger charge is 2.26. The Bertz CT molecular complexity index is 310. The SMILES string of the molecule is CCC1CC(C)OC(Cc2ccccc2)O1. The number of benzene rings is 1. The van der Waals surface area contributed by atoms with Gasteiger partial charge in [0.05, 0.1) is 12.2 Å². The normalized spacial score (nSPS) is 30.2. The van der Waals surface area contributed by atoms with E-state index in [2.05, 4.69) is 38.1 Å². The van der Waals surface area contributed by atoms with Gasteiger partial charge in [0.1, 0.15) is 0 Å². The van der Waals surface area contributed by atoms with Crippen LogP contribution in [-0.2, 0) is 15.9 Å². The molecule has 3 atom stereocenters. The summed E-state index contributed by atoms with van der Waals surface area (Å²) in [5.41, 5.74) is 1.27. The standard InChI is InChI=1S/C14H20O2/c1-3-13-9-11(2)15-14(16-13)10-12-7-5-4-6-8-12/h4-8,11,13-14H,3,9-10H2,1-2H3. The highest BCUT2D eigenvalue weighted by molar-refractivity contribution is 5.15. The first-order valence-corrected chi connectivity index (χ1v) is 6.12. The lowest BCUT2D eigenvalue weighted by Crippen LogP contribution is -2.37. The van der Waals surface area contributed by atoms with Gasteiger partial charge >= 0.3 is 0 Å². The number of hydrogen-bond donors (Lipinski definition) is 0. The zero-order chi connectivity index (χ0) is 11.4. The molecule has 0 spiro atoms. The van der Waals surface area contributed by atoms with Crippen LogP contribution in [0.3, 0.4) is 0 Å². The fraction of sp³-hybridized carbons (Fsp3) is 0.571. The third-order valence-corrected chi connectivity index (χ3v) is 3.02. The predicted molar refractivity (Wildman–Crippen MR) is 64.3 cm³/mol. The van der Waals surface area contributed by atoms with E-state index in [-0.39, 0.29) is 6.29 Å². The lowest BCUT2D eigenvalue weighted by Gasteiger charge is -2.34. The summed E-state index contributed by atoms with van der Waals surface area (Å²) in [5.74, 6) is 0. The summed E-state index contributed by atoms with van der Waals surface area (Å²) in [4.78, 5) is 0. The molecule has 88 valence electrons. The Morgan fingerprint density at radius 3 is 2.62 bits per heavy atom. The molecule has 1 heterocycles. The summed E-state index contributed by atoms with van der Waals surface area (Å²) in [6.07, 6.45) is 3.53. The van der Waals surface area contributed by atoms with Gasteiger partial charge in [-0.25, -0.2) is 0 Å². The third-order valence-electron chi connectivity index (χ3n) is 3.02. The molecule has 1 saturated heterocycles. The lowest BCUT2D eigenvalue weighted by molar-refractivity contribution is -0.237. The smallest absolute Gasteiger partial charge is 0.162 e. The Morgan fingerprint density at radius 1 is 1.19 bits per heavy atom. The number of hydrogen-bond acceptors (Lipinski definition) is 2. The topological polar surface area (TPSA) is 18.5 Å². The summed E-state index contributed by atoms with van der Waals surface area (Å²) >= 11 is 0. The second-order valence-electron chi connectivity index (χ2n) is 4.47. The molecule has 1 aliphatic heterocycles. The Balaban J connectivity index is 1.94. The molecule has 0 aromatic heterocycles. The van der Waals surface area contributed by atoms with Crippen molar-refractivity contribution in [2.45, 2.75) is 51.6 Å². The molecule has 1 aromatic rings. The second kappa shape index (κ2) is 5.46. The van der Waals surface area contributed by atoms with Gasteiger partial charge < -0.3 is 9.47 Å². The third kappa shape index (κ3) is 3.06. The van der Waals surface area contributed by atoms with Crippen molar-refractivity contribution in [3.8, 4) is 0 Å². The minimum atomic E-state index is -0.0731. The lowest BCUT2D eigenvalue weighted by atomic mass is 10.1. The van der Waals surface area contributed by atoms with E-state index in [1.54, 1.807) is 0 Å². The van der Waals surface area contributed by atoms with Gasteiger partial charge in [-0.15, -0.1) is 0 Å². The van der Waals surface area contributed by atoms with Crippen molar-refractivity contribution < 1.29 is 9.47 Å². The summed E-state index contributed by atoms with van der Waals surface area (Å²) in [7, 11) is 0. The van der Waals surface area contributed by atoms with Crippen LogP contribution in [-0.4, -0.2) is 18.5 Å². The van der Waals surface area contributed by atoms with Crippen molar-refractivity contribution >= 4 is 0 Å². The highest BCUT2D eigenvalue weighted by atomic mass is 16.7. The van der Waals surface area contributed by atoms with Gasteiger partial charge in [-0.3, -0.25) is 0 Å². The van der Waals surface area contributed by atoms with Crippen LogP contribution in [0.15, 0.2) is 30.3 Å². The van der Waals surface area contributed by atoms with Gasteiger partial charge in [-0.1, -0.05) is 37.3 Å². The molecular formula is C14H20O2. The molecule has 0 saturated carbocycles. The van der Waals surface area contributed by atoms with Crippen LogP contribution >= 0.6 is 0 Å². The molecule has 0 aliphatic carbocycles. The largest absolute Gasteiger partial charge is 0.349 e. The van der Waals surface area contributed by atoms with Crippen molar-refractivity contribution in [3.05, 3.63) is 35.9 Å². The first kappa shape index (κ1) is 11.6. The average molecular weight is 220 g/mol. The molecule has 2 heteroatoms. The number of rotatable bonds is 3. The van der Waals surface area contributed by atoms with E-state index in [4.69, 9.17) is 9.47 Å². The zero-order valence-corrected chi connectivity index (χ0v) is 10.1.